The second kappa shape index (κ2) is 6.65. The summed E-state index contributed by atoms with van der Waals surface area (Å²) in [6, 6.07) is 4.96. The lowest BCUT2D eigenvalue weighted by Gasteiger charge is -2.30. The molecule has 0 amide bonds. The lowest BCUT2D eigenvalue weighted by molar-refractivity contribution is 0.136. The van der Waals surface area contributed by atoms with Gasteiger partial charge in [0.2, 0.25) is 10.0 Å². The van der Waals surface area contributed by atoms with Crippen LogP contribution in [0.4, 0.5) is 4.39 Å². The first-order valence-electron chi connectivity index (χ1n) is 6.89. The lowest BCUT2D eigenvalue weighted by atomic mass is 9.80. The van der Waals surface area contributed by atoms with Crippen LogP contribution in [0.15, 0.2) is 29.2 Å². The zero-order valence-corrected chi connectivity index (χ0v) is 12.1. The Morgan fingerprint density at radius 2 is 1.95 bits per heavy atom. The summed E-state index contributed by atoms with van der Waals surface area (Å²) in [6.45, 7) is 0.385. The summed E-state index contributed by atoms with van der Waals surface area (Å²) < 4.78 is 39.8. The molecular formula is C14H20FNO3S. The quantitative estimate of drug-likeness (QED) is 0.873. The highest BCUT2D eigenvalue weighted by atomic mass is 32.2. The summed E-state index contributed by atoms with van der Waals surface area (Å²) in [6.07, 6.45) is 3.99. The van der Waals surface area contributed by atoms with Crippen LogP contribution in [-0.4, -0.2) is 26.7 Å². The predicted molar refractivity (Wildman–Crippen MR) is 74.1 cm³/mol. The summed E-state index contributed by atoms with van der Waals surface area (Å²) in [4.78, 5) is -0.0612. The number of nitrogens with one attached hydrogen (secondary N) is 1. The minimum absolute atomic E-state index is 0.0612. The molecule has 1 fully saturated rings. The number of rotatable bonds is 5. The number of aliphatic hydroxyl groups excluding tert-OH is 1. The minimum Gasteiger partial charge on any atom is -0.396 e. The van der Waals surface area contributed by atoms with E-state index in [0.717, 1.165) is 31.7 Å². The topological polar surface area (TPSA) is 66.4 Å². The maximum absolute atomic E-state index is 13.1. The van der Waals surface area contributed by atoms with Gasteiger partial charge in [-0.2, -0.15) is 0 Å². The first-order chi connectivity index (χ1) is 9.53. The second-order valence-corrected chi connectivity index (χ2v) is 7.06. The maximum atomic E-state index is 13.1. The van der Waals surface area contributed by atoms with Gasteiger partial charge in [0, 0.05) is 13.2 Å². The van der Waals surface area contributed by atoms with Gasteiger partial charge in [0.15, 0.2) is 0 Å². The molecule has 0 bridgehead atoms. The molecule has 2 atom stereocenters. The van der Waals surface area contributed by atoms with Crippen molar-refractivity contribution in [3.63, 3.8) is 0 Å². The summed E-state index contributed by atoms with van der Waals surface area (Å²) in [7, 11) is -3.69. The fraction of sp³-hybridized carbons (Fsp3) is 0.571. The Kier molecular flexibility index (Phi) is 5.12. The molecule has 1 saturated carbocycles. The molecule has 0 spiro atoms. The van der Waals surface area contributed by atoms with Gasteiger partial charge < -0.3 is 5.11 Å². The molecule has 0 aromatic heterocycles. The van der Waals surface area contributed by atoms with E-state index >= 15 is 0 Å². The molecule has 1 aliphatic carbocycles. The first-order valence-corrected chi connectivity index (χ1v) is 8.37. The molecule has 0 saturated heterocycles. The highest BCUT2D eigenvalue weighted by Crippen LogP contribution is 2.29. The van der Waals surface area contributed by atoms with Crippen molar-refractivity contribution in [3.05, 3.63) is 30.1 Å². The van der Waals surface area contributed by atoms with Crippen LogP contribution in [0.2, 0.25) is 0 Å². The summed E-state index contributed by atoms with van der Waals surface area (Å²) in [5.41, 5.74) is 0. The normalized spacial score (nSPS) is 23.7. The lowest BCUT2D eigenvalue weighted by Crippen LogP contribution is -2.35. The van der Waals surface area contributed by atoms with Gasteiger partial charge in [-0.3, -0.25) is 0 Å². The number of sulfonamides is 1. The third-order valence-corrected chi connectivity index (χ3v) is 5.36. The van der Waals surface area contributed by atoms with E-state index in [4.69, 9.17) is 0 Å². The van der Waals surface area contributed by atoms with Crippen molar-refractivity contribution in [1.82, 2.24) is 4.72 Å². The molecule has 112 valence electrons. The summed E-state index contributed by atoms with van der Waals surface area (Å²) in [5.74, 6) is -0.269. The Morgan fingerprint density at radius 3 is 2.60 bits per heavy atom. The smallest absolute Gasteiger partial charge is 0.240 e. The number of benzene rings is 1. The fourth-order valence-corrected chi connectivity index (χ4v) is 3.85. The summed E-state index contributed by atoms with van der Waals surface area (Å²) in [5, 5.41) is 9.32. The van der Waals surface area contributed by atoms with E-state index in [1.165, 1.54) is 18.2 Å². The van der Waals surface area contributed by atoms with E-state index in [1.54, 1.807) is 0 Å². The van der Waals surface area contributed by atoms with E-state index in [-0.39, 0.29) is 23.3 Å². The molecule has 1 aliphatic rings. The molecule has 2 rings (SSSR count). The predicted octanol–water partition coefficient (Wildman–Crippen LogP) is 1.90. The van der Waals surface area contributed by atoms with Gasteiger partial charge in [0.25, 0.3) is 0 Å². The molecule has 1 aromatic rings. The largest absolute Gasteiger partial charge is 0.396 e. The van der Waals surface area contributed by atoms with Crippen molar-refractivity contribution in [2.45, 2.75) is 30.6 Å². The first kappa shape index (κ1) is 15.4. The highest BCUT2D eigenvalue weighted by molar-refractivity contribution is 7.89. The standard InChI is InChI=1S/C14H20FNO3S/c15-13-6-3-7-14(8-13)20(18,19)16-9-11-4-1-2-5-12(11)10-17/h3,6-8,11-12,16-17H,1-2,4-5,9-10H2. The van der Waals surface area contributed by atoms with E-state index in [1.807, 2.05) is 0 Å². The Bertz CT molecular complexity index is 547. The van der Waals surface area contributed by atoms with E-state index in [9.17, 15) is 17.9 Å². The van der Waals surface area contributed by atoms with E-state index < -0.39 is 15.8 Å². The van der Waals surface area contributed by atoms with Gasteiger partial charge in [-0.15, -0.1) is 0 Å². The van der Waals surface area contributed by atoms with Crippen molar-refractivity contribution in [1.29, 1.82) is 0 Å². The molecule has 1 aromatic carbocycles. The van der Waals surface area contributed by atoms with E-state index in [0.29, 0.717) is 6.54 Å². The Balaban J connectivity index is 2.02. The SMILES string of the molecule is O=S(=O)(NCC1CCCCC1CO)c1cccc(F)c1. The van der Waals surface area contributed by atoms with Gasteiger partial charge >= 0.3 is 0 Å². The third kappa shape index (κ3) is 3.77. The van der Waals surface area contributed by atoms with Crippen LogP contribution < -0.4 is 4.72 Å². The van der Waals surface area contributed by atoms with Crippen molar-refractivity contribution >= 4 is 10.0 Å². The number of hydrogen-bond donors (Lipinski definition) is 2. The van der Waals surface area contributed by atoms with Crippen LogP contribution in [-0.2, 0) is 10.0 Å². The monoisotopic (exact) mass is 301 g/mol. The minimum atomic E-state index is -3.69. The van der Waals surface area contributed by atoms with Crippen LogP contribution in [0.3, 0.4) is 0 Å². The highest BCUT2D eigenvalue weighted by Gasteiger charge is 2.26. The van der Waals surface area contributed by atoms with Crippen LogP contribution in [0.1, 0.15) is 25.7 Å². The Morgan fingerprint density at radius 1 is 1.25 bits per heavy atom. The molecular weight excluding hydrogens is 281 g/mol. The van der Waals surface area contributed by atoms with Crippen LogP contribution >= 0.6 is 0 Å². The van der Waals surface area contributed by atoms with Gasteiger partial charge in [-0.05, 0) is 42.9 Å². The molecule has 0 aliphatic heterocycles. The van der Waals surface area contributed by atoms with Gasteiger partial charge in [0.05, 0.1) is 4.90 Å². The second-order valence-electron chi connectivity index (χ2n) is 5.30. The maximum Gasteiger partial charge on any atom is 0.240 e. The molecule has 0 radical (unpaired) electrons. The van der Waals surface area contributed by atoms with Gasteiger partial charge in [0.1, 0.15) is 5.82 Å². The average molecular weight is 301 g/mol. The molecule has 4 nitrogen and oxygen atoms in total. The van der Waals surface area contributed by atoms with Crippen molar-refractivity contribution in [2.75, 3.05) is 13.2 Å². The number of halogens is 1. The zero-order valence-electron chi connectivity index (χ0n) is 11.3. The zero-order chi connectivity index (χ0) is 14.6. The number of hydrogen-bond acceptors (Lipinski definition) is 3. The molecule has 20 heavy (non-hydrogen) atoms. The van der Waals surface area contributed by atoms with Crippen molar-refractivity contribution in [3.8, 4) is 0 Å². The van der Waals surface area contributed by atoms with Crippen LogP contribution in [0.5, 0.6) is 0 Å². The van der Waals surface area contributed by atoms with Crippen molar-refractivity contribution < 1.29 is 17.9 Å². The molecule has 0 heterocycles. The van der Waals surface area contributed by atoms with E-state index in [2.05, 4.69) is 4.72 Å². The Hall–Kier alpha value is -0.980. The number of aliphatic hydroxyl groups is 1. The van der Waals surface area contributed by atoms with Crippen molar-refractivity contribution in [2.24, 2.45) is 11.8 Å². The average Bonchev–Trinajstić information content (AvgIpc) is 2.45. The van der Waals surface area contributed by atoms with Gasteiger partial charge in [-0.25, -0.2) is 17.5 Å². The van der Waals surface area contributed by atoms with Gasteiger partial charge in [-0.1, -0.05) is 18.9 Å². The molecule has 2 unspecified atom stereocenters. The molecule has 2 N–H and O–H groups in total. The fourth-order valence-electron chi connectivity index (χ4n) is 2.73. The third-order valence-electron chi connectivity index (χ3n) is 3.94. The Labute approximate surface area is 119 Å². The summed E-state index contributed by atoms with van der Waals surface area (Å²) >= 11 is 0. The van der Waals surface area contributed by atoms with Crippen LogP contribution in [0, 0.1) is 17.7 Å². The van der Waals surface area contributed by atoms with Crippen LogP contribution in [0.25, 0.3) is 0 Å². The molecule has 6 heteroatoms.